The first-order valence-electron chi connectivity index (χ1n) is 10.4. The van der Waals surface area contributed by atoms with Crippen LogP contribution in [0.4, 0.5) is 4.79 Å². The standard InChI is InChI=1S/C22H35ClN2O3/c1-5-13-27-20-9-8-19(23)14-18(20)10-12-25-11-6-7-17(16-25)15-24-21(26)28-22(2,3)4/h8-9,14,17H,5-7,10-13,15-16H2,1-4H3,(H,24,26)/t17-/m0/s1. The van der Waals surface area contributed by atoms with Gasteiger partial charge in [0.05, 0.1) is 6.61 Å². The number of nitrogens with zero attached hydrogens (tertiary/aromatic N) is 1. The Morgan fingerprint density at radius 2 is 2.14 bits per heavy atom. The molecule has 2 rings (SSSR count). The van der Waals surface area contributed by atoms with E-state index in [0.29, 0.717) is 12.5 Å². The van der Waals surface area contributed by atoms with E-state index in [-0.39, 0.29) is 6.09 Å². The first kappa shape index (κ1) is 22.8. The molecule has 0 bridgehead atoms. The number of rotatable bonds is 8. The van der Waals surface area contributed by atoms with Crippen molar-refractivity contribution < 1.29 is 14.3 Å². The molecule has 5 nitrogen and oxygen atoms in total. The van der Waals surface area contributed by atoms with Gasteiger partial charge in [0.1, 0.15) is 11.4 Å². The van der Waals surface area contributed by atoms with Crippen LogP contribution < -0.4 is 10.1 Å². The van der Waals surface area contributed by atoms with E-state index in [1.807, 2.05) is 39.0 Å². The maximum absolute atomic E-state index is 11.9. The lowest BCUT2D eigenvalue weighted by atomic mass is 9.97. The second kappa shape index (κ2) is 10.9. The molecule has 1 saturated heterocycles. The number of halogens is 1. The summed E-state index contributed by atoms with van der Waals surface area (Å²) in [6, 6.07) is 5.87. The van der Waals surface area contributed by atoms with Crippen LogP contribution in [0.3, 0.4) is 0 Å². The van der Waals surface area contributed by atoms with E-state index in [4.69, 9.17) is 21.1 Å². The number of carbonyl (C=O) groups is 1. The van der Waals surface area contributed by atoms with E-state index in [1.54, 1.807) is 0 Å². The van der Waals surface area contributed by atoms with Crippen molar-refractivity contribution in [2.75, 3.05) is 32.8 Å². The number of nitrogens with one attached hydrogen (secondary N) is 1. The van der Waals surface area contributed by atoms with Crippen LogP contribution in [0, 0.1) is 5.92 Å². The zero-order chi connectivity index (χ0) is 20.6. The second-order valence-corrected chi connectivity index (χ2v) is 8.98. The lowest BCUT2D eigenvalue weighted by Gasteiger charge is -2.33. The molecule has 1 N–H and O–H groups in total. The monoisotopic (exact) mass is 410 g/mol. The third kappa shape index (κ3) is 8.27. The van der Waals surface area contributed by atoms with Gasteiger partial charge in [-0.3, -0.25) is 0 Å². The summed E-state index contributed by atoms with van der Waals surface area (Å²) in [5.41, 5.74) is 0.701. The van der Waals surface area contributed by atoms with Crippen molar-refractivity contribution in [2.45, 2.75) is 59.0 Å². The number of likely N-dealkylation sites (tertiary alicyclic amines) is 1. The lowest BCUT2D eigenvalue weighted by Crippen LogP contribution is -2.42. The third-order valence-electron chi connectivity index (χ3n) is 4.72. The summed E-state index contributed by atoms with van der Waals surface area (Å²) in [7, 11) is 0. The third-order valence-corrected chi connectivity index (χ3v) is 4.95. The fraction of sp³-hybridized carbons (Fsp3) is 0.682. The van der Waals surface area contributed by atoms with Gasteiger partial charge in [0.25, 0.3) is 0 Å². The van der Waals surface area contributed by atoms with Gasteiger partial charge in [-0.25, -0.2) is 4.79 Å². The Bertz CT molecular complexity index is 631. The van der Waals surface area contributed by atoms with Crippen molar-refractivity contribution in [3.8, 4) is 5.75 Å². The first-order chi connectivity index (χ1) is 13.3. The fourth-order valence-corrected chi connectivity index (χ4v) is 3.63. The Kier molecular flexibility index (Phi) is 8.90. The molecule has 6 heteroatoms. The van der Waals surface area contributed by atoms with Gasteiger partial charge < -0.3 is 19.7 Å². The maximum atomic E-state index is 11.9. The highest BCUT2D eigenvalue weighted by Gasteiger charge is 2.22. The number of hydrogen-bond acceptors (Lipinski definition) is 4. The minimum Gasteiger partial charge on any atom is -0.493 e. The normalized spacial score (nSPS) is 18.0. The molecular weight excluding hydrogens is 376 g/mol. The van der Waals surface area contributed by atoms with Crippen LogP contribution in [0.1, 0.15) is 52.5 Å². The molecule has 0 aromatic heterocycles. The average Bonchev–Trinajstić information content (AvgIpc) is 2.63. The number of carbonyl (C=O) groups excluding carboxylic acids is 1. The van der Waals surface area contributed by atoms with Gasteiger partial charge in [-0.2, -0.15) is 0 Å². The fourth-order valence-electron chi connectivity index (χ4n) is 3.44. The number of hydrogen-bond donors (Lipinski definition) is 1. The Morgan fingerprint density at radius 1 is 1.36 bits per heavy atom. The largest absolute Gasteiger partial charge is 0.493 e. The van der Waals surface area contributed by atoms with E-state index < -0.39 is 5.60 Å². The molecule has 1 atom stereocenters. The lowest BCUT2D eigenvalue weighted by molar-refractivity contribution is 0.0507. The molecule has 28 heavy (non-hydrogen) atoms. The van der Waals surface area contributed by atoms with Crippen LogP contribution in [-0.4, -0.2) is 49.4 Å². The van der Waals surface area contributed by atoms with Crippen molar-refractivity contribution >= 4 is 17.7 Å². The van der Waals surface area contributed by atoms with Gasteiger partial charge in [-0.15, -0.1) is 0 Å². The van der Waals surface area contributed by atoms with Crippen molar-refractivity contribution in [1.82, 2.24) is 10.2 Å². The molecule has 0 radical (unpaired) electrons. The zero-order valence-electron chi connectivity index (χ0n) is 17.7. The van der Waals surface area contributed by atoms with Gasteiger partial charge in [-0.05, 0) is 82.7 Å². The van der Waals surface area contributed by atoms with Crippen LogP contribution in [0.5, 0.6) is 5.75 Å². The van der Waals surface area contributed by atoms with Crippen LogP contribution in [-0.2, 0) is 11.2 Å². The number of piperidine rings is 1. The Morgan fingerprint density at radius 3 is 2.86 bits per heavy atom. The van der Waals surface area contributed by atoms with E-state index >= 15 is 0 Å². The summed E-state index contributed by atoms with van der Waals surface area (Å²) in [6.45, 7) is 12.2. The van der Waals surface area contributed by atoms with Gasteiger partial charge in [-0.1, -0.05) is 18.5 Å². The van der Waals surface area contributed by atoms with Crippen LogP contribution in [0.25, 0.3) is 0 Å². The number of ether oxygens (including phenoxy) is 2. The predicted octanol–water partition coefficient (Wildman–Crippen LogP) is 4.91. The summed E-state index contributed by atoms with van der Waals surface area (Å²) in [5, 5.41) is 3.66. The Hall–Kier alpha value is -1.46. The minimum atomic E-state index is -0.461. The molecule has 0 spiro atoms. The van der Waals surface area contributed by atoms with Crippen molar-refractivity contribution in [3.63, 3.8) is 0 Å². The minimum absolute atomic E-state index is 0.332. The molecule has 0 aliphatic carbocycles. The van der Waals surface area contributed by atoms with Gasteiger partial charge in [0.2, 0.25) is 0 Å². The topological polar surface area (TPSA) is 50.8 Å². The Balaban J connectivity index is 1.82. The molecule has 1 aromatic carbocycles. The smallest absolute Gasteiger partial charge is 0.407 e. The van der Waals surface area contributed by atoms with Crippen molar-refractivity contribution in [1.29, 1.82) is 0 Å². The summed E-state index contributed by atoms with van der Waals surface area (Å²) < 4.78 is 11.2. The van der Waals surface area contributed by atoms with E-state index in [1.165, 1.54) is 0 Å². The number of benzene rings is 1. The van der Waals surface area contributed by atoms with E-state index in [2.05, 4.69) is 17.1 Å². The molecule has 0 saturated carbocycles. The van der Waals surface area contributed by atoms with Crippen molar-refractivity contribution in [3.05, 3.63) is 28.8 Å². The van der Waals surface area contributed by atoms with Gasteiger partial charge in [0.15, 0.2) is 0 Å². The van der Waals surface area contributed by atoms with E-state index in [9.17, 15) is 4.79 Å². The molecular formula is C22H35ClN2O3. The summed E-state index contributed by atoms with van der Waals surface area (Å²) in [5.74, 6) is 1.39. The molecule has 1 aliphatic heterocycles. The molecule has 1 heterocycles. The highest BCUT2D eigenvalue weighted by Crippen LogP contribution is 2.25. The maximum Gasteiger partial charge on any atom is 0.407 e. The number of alkyl carbamates (subject to hydrolysis) is 1. The van der Waals surface area contributed by atoms with Crippen molar-refractivity contribution in [2.24, 2.45) is 5.92 Å². The quantitative estimate of drug-likeness (QED) is 0.661. The van der Waals surface area contributed by atoms with Crippen LogP contribution in [0.2, 0.25) is 5.02 Å². The molecule has 1 aliphatic rings. The highest BCUT2D eigenvalue weighted by atomic mass is 35.5. The number of amides is 1. The highest BCUT2D eigenvalue weighted by molar-refractivity contribution is 6.30. The Labute approximate surface area is 174 Å². The summed E-state index contributed by atoms with van der Waals surface area (Å²) in [4.78, 5) is 14.3. The van der Waals surface area contributed by atoms with Gasteiger partial charge >= 0.3 is 6.09 Å². The summed E-state index contributed by atoms with van der Waals surface area (Å²) in [6.07, 6.45) is 3.84. The molecule has 1 fully saturated rings. The molecule has 158 valence electrons. The summed E-state index contributed by atoms with van der Waals surface area (Å²) >= 11 is 6.19. The second-order valence-electron chi connectivity index (χ2n) is 8.54. The predicted molar refractivity (Wildman–Crippen MR) is 114 cm³/mol. The average molecular weight is 411 g/mol. The first-order valence-corrected chi connectivity index (χ1v) is 10.7. The van der Waals surface area contributed by atoms with E-state index in [0.717, 1.165) is 68.3 Å². The zero-order valence-corrected chi connectivity index (χ0v) is 18.5. The molecule has 1 amide bonds. The van der Waals surface area contributed by atoms with Crippen LogP contribution >= 0.6 is 11.6 Å². The van der Waals surface area contributed by atoms with Crippen LogP contribution in [0.15, 0.2) is 18.2 Å². The molecule has 1 aromatic rings. The molecule has 0 unspecified atom stereocenters. The van der Waals surface area contributed by atoms with Gasteiger partial charge in [0, 0.05) is 24.7 Å². The SMILES string of the molecule is CCCOc1ccc(Cl)cc1CCN1CCC[C@@H](CNC(=O)OC(C)(C)C)C1.